The monoisotopic (exact) mass is 496 g/mol. The van der Waals surface area contributed by atoms with Crippen molar-refractivity contribution in [2.45, 2.75) is 6.42 Å². The highest BCUT2D eigenvalue weighted by Crippen LogP contribution is 2.30. The number of halogens is 2. The van der Waals surface area contributed by atoms with Crippen LogP contribution in [0.1, 0.15) is 16.7 Å². The highest BCUT2D eigenvalue weighted by molar-refractivity contribution is 14.1. The summed E-state index contributed by atoms with van der Waals surface area (Å²) in [6, 6.07) is 10.1. The first-order chi connectivity index (χ1) is 12.9. The summed E-state index contributed by atoms with van der Waals surface area (Å²) in [6.07, 6.45) is 1.82. The van der Waals surface area contributed by atoms with E-state index in [-0.39, 0.29) is 16.5 Å². The summed E-state index contributed by atoms with van der Waals surface area (Å²) >= 11 is 6.91. The Morgan fingerprint density at radius 3 is 2.48 bits per heavy atom. The van der Waals surface area contributed by atoms with E-state index in [1.54, 1.807) is 30.3 Å². The van der Waals surface area contributed by atoms with Gasteiger partial charge in [0.15, 0.2) is 5.11 Å². The smallest absolute Gasteiger partial charge is 0.263 e. The van der Waals surface area contributed by atoms with Gasteiger partial charge in [-0.3, -0.25) is 20.2 Å². The molecule has 8 heteroatoms. The SMILES string of the molecule is COc1cc(C=C2C(=O)NC(=S)NC2=O)cc(I)c1Cc1ccccc1F. The molecule has 0 atom stereocenters. The van der Waals surface area contributed by atoms with Crippen molar-refractivity contribution in [2.24, 2.45) is 0 Å². The molecule has 3 rings (SSSR count). The first kappa shape index (κ1) is 19.4. The van der Waals surface area contributed by atoms with Crippen LogP contribution >= 0.6 is 34.8 Å². The van der Waals surface area contributed by atoms with Gasteiger partial charge in [0.1, 0.15) is 17.1 Å². The summed E-state index contributed by atoms with van der Waals surface area (Å²) < 4.78 is 20.3. The topological polar surface area (TPSA) is 67.4 Å². The molecule has 1 aliphatic rings. The maximum atomic E-state index is 14.0. The lowest BCUT2D eigenvalue weighted by molar-refractivity contribution is -0.123. The second kappa shape index (κ2) is 8.13. The van der Waals surface area contributed by atoms with Crippen LogP contribution in [-0.2, 0) is 16.0 Å². The second-order valence-corrected chi connectivity index (χ2v) is 7.32. The molecule has 2 N–H and O–H groups in total. The third-order valence-corrected chi connectivity index (χ3v) is 5.14. The summed E-state index contributed by atoms with van der Waals surface area (Å²) in [6.45, 7) is 0. The number of ether oxygens (including phenoxy) is 1. The molecule has 2 aromatic carbocycles. The summed E-state index contributed by atoms with van der Waals surface area (Å²) in [5.74, 6) is -0.862. The second-order valence-electron chi connectivity index (χ2n) is 5.75. The van der Waals surface area contributed by atoms with Crippen LogP contribution in [-0.4, -0.2) is 24.0 Å². The average molecular weight is 496 g/mol. The summed E-state index contributed by atoms with van der Waals surface area (Å²) in [7, 11) is 1.52. The molecular formula is C19H14FIN2O3S. The number of carbonyl (C=O) groups excluding carboxylic acids is 2. The number of benzene rings is 2. The average Bonchev–Trinajstić information content (AvgIpc) is 2.61. The van der Waals surface area contributed by atoms with Gasteiger partial charge in [-0.25, -0.2) is 4.39 Å². The number of thiocarbonyl (C=S) groups is 1. The minimum Gasteiger partial charge on any atom is -0.496 e. The first-order valence-corrected chi connectivity index (χ1v) is 9.36. The fourth-order valence-corrected chi connectivity index (χ4v) is 3.68. The molecule has 0 aromatic heterocycles. The van der Waals surface area contributed by atoms with Gasteiger partial charge >= 0.3 is 0 Å². The number of carbonyl (C=O) groups is 2. The zero-order valence-corrected chi connectivity index (χ0v) is 17.1. The van der Waals surface area contributed by atoms with E-state index in [9.17, 15) is 14.0 Å². The van der Waals surface area contributed by atoms with Gasteiger partial charge < -0.3 is 4.74 Å². The van der Waals surface area contributed by atoms with Gasteiger partial charge in [-0.1, -0.05) is 18.2 Å². The van der Waals surface area contributed by atoms with Crippen LogP contribution in [0.2, 0.25) is 0 Å². The Hall–Kier alpha value is -2.33. The molecule has 1 saturated heterocycles. The van der Waals surface area contributed by atoms with Crippen LogP contribution in [0.3, 0.4) is 0 Å². The lowest BCUT2D eigenvalue weighted by Crippen LogP contribution is -2.51. The maximum absolute atomic E-state index is 14.0. The fourth-order valence-electron chi connectivity index (χ4n) is 2.67. The van der Waals surface area contributed by atoms with Crippen molar-refractivity contribution in [3.05, 3.63) is 68.0 Å². The van der Waals surface area contributed by atoms with E-state index in [2.05, 4.69) is 33.2 Å². The van der Waals surface area contributed by atoms with E-state index < -0.39 is 11.8 Å². The number of rotatable bonds is 4. The molecule has 0 spiro atoms. The Labute approximate surface area is 174 Å². The molecular weight excluding hydrogens is 482 g/mol. The summed E-state index contributed by atoms with van der Waals surface area (Å²) in [5, 5.41) is 4.76. The first-order valence-electron chi connectivity index (χ1n) is 7.87. The molecule has 0 saturated carbocycles. The molecule has 138 valence electrons. The minimum absolute atomic E-state index is 0.0189. The third-order valence-electron chi connectivity index (χ3n) is 3.98. The Balaban J connectivity index is 1.98. The van der Waals surface area contributed by atoms with Gasteiger partial charge in [0.05, 0.1) is 7.11 Å². The van der Waals surface area contributed by atoms with Crippen LogP contribution in [0.15, 0.2) is 42.0 Å². The van der Waals surface area contributed by atoms with E-state index in [1.165, 1.54) is 19.3 Å². The quantitative estimate of drug-likeness (QED) is 0.296. The van der Waals surface area contributed by atoms with Crippen molar-refractivity contribution < 1.29 is 18.7 Å². The lowest BCUT2D eigenvalue weighted by Gasteiger charge is -2.17. The molecule has 0 radical (unpaired) electrons. The molecule has 2 amide bonds. The molecule has 5 nitrogen and oxygen atoms in total. The molecule has 1 heterocycles. The maximum Gasteiger partial charge on any atom is 0.263 e. The lowest BCUT2D eigenvalue weighted by atomic mass is 10.0. The Bertz CT molecular complexity index is 969. The van der Waals surface area contributed by atoms with Gasteiger partial charge in [-0.2, -0.15) is 0 Å². The van der Waals surface area contributed by atoms with E-state index in [4.69, 9.17) is 17.0 Å². The Morgan fingerprint density at radius 2 is 1.85 bits per heavy atom. The van der Waals surface area contributed by atoms with Crippen molar-refractivity contribution in [1.82, 2.24) is 10.6 Å². The third kappa shape index (κ3) is 4.33. The predicted octanol–water partition coefficient (Wildman–Crippen LogP) is 2.94. The molecule has 1 fully saturated rings. The predicted molar refractivity (Wildman–Crippen MR) is 112 cm³/mol. The zero-order chi connectivity index (χ0) is 19.6. The van der Waals surface area contributed by atoms with E-state index in [0.29, 0.717) is 23.3 Å². The molecule has 0 unspecified atom stereocenters. The van der Waals surface area contributed by atoms with E-state index in [0.717, 1.165) is 9.13 Å². The Morgan fingerprint density at radius 1 is 1.19 bits per heavy atom. The highest BCUT2D eigenvalue weighted by atomic mass is 127. The molecule has 27 heavy (non-hydrogen) atoms. The van der Waals surface area contributed by atoms with Crippen molar-refractivity contribution in [3.63, 3.8) is 0 Å². The van der Waals surface area contributed by atoms with Gasteiger partial charge in [-0.05, 0) is 70.2 Å². The highest BCUT2D eigenvalue weighted by Gasteiger charge is 2.26. The van der Waals surface area contributed by atoms with Gasteiger partial charge in [0, 0.05) is 15.6 Å². The van der Waals surface area contributed by atoms with Crippen LogP contribution in [0.25, 0.3) is 6.08 Å². The molecule has 0 aliphatic carbocycles. The van der Waals surface area contributed by atoms with Gasteiger partial charge in [-0.15, -0.1) is 0 Å². The number of nitrogens with one attached hydrogen (secondary N) is 2. The Kier molecular flexibility index (Phi) is 5.85. The normalized spacial score (nSPS) is 13.9. The largest absolute Gasteiger partial charge is 0.496 e. The van der Waals surface area contributed by atoms with Crippen molar-refractivity contribution in [3.8, 4) is 5.75 Å². The molecule has 0 bridgehead atoms. The summed E-state index contributed by atoms with van der Waals surface area (Å²) in [5.41, 5.74) is 1.94. The molecule has 2 aromatic rings. The number of hydrogen-bond donors (Lipinski definition) is 2. The van der Waals surface area contributed by atoms with Gasteiger partial charge in [0.25, 0.3) is 11.8 Å². The summed E-state index contributed by atoms with van der Waals surface area (Å²) in [4.78, 5) is 24.0. The van der Waals surface area contributed by atoms with Crippen LogP contribution in [0.5, 0.6) is 5.75 Å². The van der Waals surface area contributed by atoms with Crippen LogP contribution in [0.4, 0.5) is 4.39 Å². The van der Waals surface area contributed by atoms with Crippen molar-refractivity contribution in [2.75, 3.05) is 7.11 Å². The molecule has 1 aliphatic heterocycles. The van der Waals surface area contributed by atoms with E-state index in [1.807, 2.05) is 0 Å². The van der Waals surface area contributed by atoms with Crippen molar-refractivity contribution >= 4 is 57.8 Å². The number of amides is 2. The van der Waals surface area contributed by atoms with E-state index >= 15 is 0 Å². The minimum atomic E-state index is -0.562. The van der Waals surface area contributed by atoms with Crippen LogP contribution in [0, 0.1) is 9.39 Å². The number of methoxy groups -OCH3 is 1. The van der Waals surface area contributed by atoms with Gasteiger partial charge in [0.2, 0.25) is 0 Å². The fraction of sp³-hybridized carbons (Fsp3) is 0.105. The van der Waals surface area contributed by atoms with Crippen LogP contribution < -0.4 is 15.4 Å². The number of hydrogen-bond acceptors (Lipinski definition) is 4. The van der Waals surface area contributed by atoms with Crippen molar-refractivity contribution in [1.29, 1.82) is 0 Å². The standard InChI is InChI=1S/C19H14FIN2O3S/c1-26-16-8-10(6-13-17(24)22-19(27)23-18(13)25)7-15(21)12(16)9-11-4-2-3-5-14(11)20/h2-8H,9H2,1H3,(H2,22,23,24,25,27). The zero-order valence-electron chi connectivity index (χ0n) is 14.1.